The van der Waals surface area contributed by atoms with E-state index in [0.717, 1.165) is 37.1 Å². The molecule has 7 nitrogen and oxygen atoms in total. The Kier molecular flexibility index (Phi) is 5.43. The van der Waals surface area contributed by atoms with Crippen molar-refractivity contribution in [3.8, 4) is 0 Å². The quantitative estimate of drug-likeness (QED) is 0.705. The van der Waals surface area contributed by atoms with Crippen LogP contribution in [0.1, 0.15) is 46.3 Å². The number of carbonyl (C=O) groups excluding carboxylic acids is 3. The highest BCUT2D eigenvalue weighted by atomic mass is 16.2. The van der Waals surface area contributed by atoms with E-state index >= 15 is 0 Å². The van der Waals surface area contributed by atoms with Crippen molar-refractivity contribution in [1.82, 2.24) is 10.2 Å². The number of para-hydroxylation sites is 1. The Morgan fingerprint density at radius 2 is 1.91 bits per heavy atom. The highest BCUT2D eigenvalue weighted by molar-refractivity contribution is 6.05. The summed E-state index contributed by atoms with van der Waals surface area (Å²) in [6, 6.07) is 13.9. The van der Waals surface area contributed by atoms with E-state index in [-0.39, 0.29) is 24.1 Å². The van der Waals surface area contributed by atoms with Crippen LogP contribution in [0, 0.1) is 5.92 Å². The van der Waals surface area contributed by atoms with Gasteiger partial charge in [-0.15, -0.1) is 0 Å². The topological polar surface area (TPSA) is 95.7 Å². The van der Waals surface area contributed by atoms with Gasteiger partial charge in [-0.1, -0.05) is 30.3 Å². The fourth-order valence-electron chi connectivity index (χ4n) is 5.30. The lowest BCUT2D eigenvalue weighted by atomic mass is 9.90. The van der Waals surface area contributed by atoms with Crippen molar-refractivity contribution >= 4 is 23.4 Å². The van der Waals surface area contributed by atoms with Crippen LogP contribution in [-0.4, -0.2) is 41.8 Å². The first-order chi connectivity index (χ1) is 15.5. The third-order valence-electron chi connectivity index (χ3n) is 6.86. The van der Waals surface area contributed by atoms with Gasteiger partial charge in [0, 0.05) is 37.3 Å². The fourth-order valence-corrected chi connectivity index (χ4v) is 5.30. The van der Waals surface area contributed by atoms with E-state index in [1.807, 2.05) is 12.1 Å². The molecule has 0 spiro atoms. The molecule has 3 heterocycles. The lowest BCUT2D eigenvalue weighted by molar-refractivity contribution is -0.136. The van der Waals surface area contributed by atoms with Crippen molar-refractivity contribution in [1.29, 1.82) is 0 Å². The normalized spacial score (nSPS) is 22.6. The largest absolute Gasteiger partial charge is 0.367 e. The Labute approximate surface area is 187 Å². The third-order valence-corrected chi connectivity index (χ3v) is 6.86. The van der Waals surface area contributed by atoms with Crippen LogP contribution in [0.3, 0.4) is 0 Å². The Morgan fingerprint density at radius 1 is 1.06 bits per heavy atom. The van der Waals surface area contributed by atoms with Crippen LogP contribution in [0.4, 0.5) is 5.69 Å². The van der Waals surface area contributed by atoms with Crippen molar-refractivity contribution in [3.05, 3.63) is 64.7 Å². The number of imide groups is 1. The van der Waals surface area contributed by atoms with Gasteiger partial charge >= 0.3 is 0 Å². The number of amides is 3. The van der Waals surface area contributed by atoms with Crippen LogP contribution in [0.25, 0.3) is 0 Å². The molecule has 2 aromatic carbocycles. The molecule has 1 fully saturated rings. The van der Waals surface area contributed by atoms with Crippen molar-refractivity contribution in [2.24, 2.45) is 11.7 Å². The summed E-state index contributed by atoms with van der Waals surface area (Å²) in [5.74, 6) is -0.243. The maximum atomic E-state index is 12.9. The lowest BCUT2D eigenvalue weighted by Gasteiger charge is -2.36. The Balaban J connectivity index is 1.35. The molecule has 2 aromatic rings. The second kappa shape index (κ2) is 8.39. The molecule has 2 atom stereocenters. The van der Waals surface area contributed by atoms with Crippen molar-refractivity contribution in [2.45, 2.75) is 44.8 Å². The molecule has 166 valence electrons. The maximum Gasteiger partial charge on any atom is 0.255 e. The van der Waals surface area contributed by atoms with Crippen molar-refractivity contribution in [2.75, 3.05) is 18.0 Å². The fraction of sp³-hybridized carbons (Fsp3) is 0.400. The first-order valence-electron chi connectivity index (χ1n) is 11.3. The van der Waals surface area contributed by atoms with Gasteiger partial charge in [0.05, 0.1) is 0 Å². The van der Waals surface area contributed by atoms with Crippen LogP contribution in [0.15, 0.2) is 42.5 Å². The molecular weight excluding hydrogens is 404 g/mol. The Bertz CT molecular complexity index is 1080. The summed E-state index contributed by atoms with van der Waals surface area (Å²) in [4.78, 5) is 40.7. The predicted molar refractivity (Wildman–Crippen MR) is 121 cm³/mol. The number of carbonyl (C=O) groups is 3. The van der Waals surface area contributed by atoms with Crippen LogP contribution in [-0.2, 0) is 29.1 Å². The number of piperidine rings is 1. The van der Waals surface area contributed by atoms with E-state index in [9.17, 15) is 14.4 Å². The van der Waals surface area contributed by atoms with Crippen LogP contribution < -0.4 is 16.0 Å². The second-order valence-corrected chi connectivity index (χ2v) is 9.05. The number of fused-ring (bicyclic) bond motifs is 2. The van der Waals surface area contributed by atoms with E-state index in [1.165, 1.54) is 11.3 Å². The molecule has 3 aliphatic rings. The zero-order valence-electron chi connectivity index (χ0n) is 18.0. The molecular formula is C25H28N4O3. The molecule has 0 aromatic heterocycles. The number of hydrogen-bond acceptors (Lipinski definition) is 5. The minimum Gasteiger partial charge on any atom is -0.367 e. The number of hydrogen-bond donors (Lipinski definition) is 2. The SMILES string of the molecule is NCCC1Cc2ccccc2N(Cc2ccc3c(c2)CN(C2CCC(=O)NC2=O)C3=O)C1. The molecule has 0 bridgehead atoms. The monoisotopic (exact) mass is 432 g/mol. The van der Waals surface area contributed by atoms with Crippen molar-refractivity contribution in [3.63, 3.8) is 0 Å². The van der Waals surface area contributed by atoms with Gasteiger partial charge in [-0.25, -0.2) is 0 Å². The Morgan fingerprint density at radius 3 is 2.72 bits per heavy atom. The summed E-state index contributed by atoms with van der Waals surface area (Å²) in [5.41, 5.74) is 11.2. The van der Waals surface area contributed by atoms with Gasteiger partial charge < -0.3 is 15.5 Å². The molecule has 0 saturated carbocycles. The average molecular weight is 433 g/mol. The summed E-state index contributed by atoms with van der Waals surface area (Å²) in [5, 5.41) is 2.36. The summed E-state index contributed by atoms with van der Waals surface area (Å²) in [6.45, 7) is 2.82. The third kappa shape index (κ3) is 3.77. The van der Waals surface area contributed by atoms with E-state index in [2.05, 4.69) is 40.5 Å². The first kappa shape index (κ1) is 20.7. The Hall–Kier alpha value is -3.19. The number of nitrogens with zero attached hydrogens (tertiary/aromatic N) is 2. The van der Waals surface area contributed by atoms with Gasteiger partial charge in [0.2, 0.25) is 11.8 Å². The number of benzene rings is 2. The summed E-state index contributed by atoms with van der Waals surface area (Å²) in [7, 11) is 0. The lowest BCUT2D eigenvalue weighted by Crippen LogP contribution is -2.52. The molecule has 7 heteroatoms. The number of anilines is 1. The van der Waals surface area contributed by atoms with E-state index in [0.29, 0.717) is 31.0 Å². The number of nitrogens with two attached hydrogens (primary N) is 1. The maximum absolute atomic E-state index is 12.9. The van der Waals surface area contributed by atoms with Crippen LogP contribution in [0.2, 0.25) is 0 Å². The molecule has 0 aliphatic carbocycles. The molecule has 1 saturated heterocycles. The highest BCUT2D eigenvalue weighted by Crippen LogP contribution is 2.33. The van der Waals surface area contributed by atoms with Gasteiger partial charge in [0.25, 0.3) is 5.91 Å². The highest BCUT2D eigenvalue weighted by Gasteiger charge is 2.39. The van der Waals surface area contributed by atoms with Crippen LogP contribution in [0.5, 0.6) is 0 Å². The standard InChI is InChI=1S/C25H28N4O3/c26-10-9-17-11-18-3-1-2-4-21(18)28(14-17)13-16-5-6-20-19(12-16)15-29(25(20)32)22-7-8-23(30)27-24(22)31/h1-6,12,17,22H,7-11,13-15,26H2,(H,27,30,31). The summed E-state index contributed by atoms with van der Waals surface area (Å²) in [6.07, 6.45) is 2.71. The van der Waals surface area contributed by atoms with E-state index < -0.39 is 6.04 Å². The zero-order chi connectivity index (χ0) is 22.2. The second-order valence-electron chi connectivity index (χ2n) is 9.05. The molecule has 3 amide bonds. The molecule has 3 N–H and O–H groups in total. The van der Waals surface area contributed by atoms with E-state index in [1.54, 1.807) is 4.90 Å². The minimum atomic E-state index is -0.581. The first-order valence-corrected chi connectivity index (χ1v) is 11.3. The molecule has 3 aliphatic heterocycles. The summed E-state index contributed by atoms with van der Waals surface area (Å²) < 4.78 is 0. The van der Waals surface area contributed by atoms with Crippen LogP contribution >= 0.6 is 0 Å². The zero-order valence-corrected chi connectivity index (χ0v) is 18.0. The molecule has 5 rings (SSSR count). The molecule has 32 heavy (non-hydrogen) atoms. The molecule has 0 radical (unpaired) electrons. The van der Waals surface area contributed by atoms with Gasteiger partial charge in [0.15, 0.2) is 0 Å². The van der Waals surface area contributed by atoms with E-state index in [4.69, 9.17) is 5.73 Å². The van der Waals surface area contributed by atoms with Gasteiger partial charge in [-0.3, -0.25) is 19.7 Å². The molecule has 2 unspecified atom stereocenters. The van der Waals surface area contributed by atoms with Crippen molar-refractivity contribution < 1.29 is 14.4 Å². The number of nitrogens with one attached hydrogen (secondary N) is 1. The average Bonchev–Trinajstić information content (AvgIpc) is 3.09. The summed E-state index contributed by atoms with van der Waals surface area (Å²) >= 11 is 0. The van der Waals surface area contributed by atoms with Gasteiger partial charge in [0.1, 0.15) is 6.04 Å². The predicted octanol–water partition coefficient (Wildman–Crippen LogP) is 1.98. The minimum absolute atomic E-state index is 0.132. The number of rotatable bonds is 5. The smallest absolute Gasteiger partial charge is 0.255 e. The van der Waals surface area contributed by atoms with Gasteiger partial charge in [-0.05, 0) is 60.5 Å². The van der Waals surface area contributed by atoms with Gasteiger partial charge in [-0.2, -0.15) is 0 Å².